The van der Waals surface area contributed by atoms with Crippen LogP contribution < -0.4 is 0 Å². The largest absolute Gasteiger partial charge is 0.370 e. The van der Waals surface area contributed by atoms with Crippen LogP contribution in [0.15, 0.2) is 24.3 Å². The minimum absolute atomic E-state index is 0.0123. The standard InChI is InChI=1S/C18H25ClO2/c1-12(2)16-8-7-13(3)9-18(16)21-11-17(20)14-5-4-6-15(19)10-14/h4-6,10,12-13,16,18H,7-9,11H2,1-3H3. The van der Waals surface area contributed by atoms with Crippen molar-refractivity contribution in [3.63, 3.8) is 0 Å². The number of benzene rings is 1. The van der Waals surface area contributed by atoms with Crippen LogP contribution in [0.1, 0.15) is 50.4 Å². The number of carbonyl (C=O) groups is 1. The van der Waals surface area contributed by atoms with Gasteiger partial charge in [0, 0.05) is 10.6 Å². The maximum absolute atomic E-state index is 12.2. The van der Waals surface area contributed by atoms with Crippen molar-refractivity contribution in [2.75, 3.05) is 6.61 Å². The molecule has 1 aliphatic carbocycles. The van der Waals surface area contributed by atoms with Crippen LogP contribution in [0.3, 0.4) is 0 Å². The summed E-state index contributed by atoms with van der Waals surface area (Å²) in [6.07, 6.45) is 3.74. The van der Waals surface area contributed by atoms with Gasteiger partial charge in [0.05, 0.1) is 6.10 Å². The van der Waals surface area contributed by atoms with Gasteiger partial charge in [-0.05, 0) is 42.7 Å². The SMILES string of the molecule is CC1CCC(C(C)C)C(OCC(=O)c2cccc(Cl)c2)C1. The molecule has 1 fully saturated rings. The van der Waals surface area contributed by atoms with Crippen LogP contribution in [0, 0.1) is 17.8 Å². The molecule has 0 heterocycles. The van der Waals surface area contributed by atoms with E-state index in [4.69, 9.17) is 16.3 Å². The summed E-state index contributed by atoms with van der Waals surface area (Å²) in [7, 11) is 0. The summed E-state index contributed by atoms with van der Waals surface area (Å²) in [5.74, 6) is 1.86. The van der Waals surface area contributed by atoms with Crippen LogP contribution in [0.5, 0.6) is 0 Å². The maximum Gasteiger partial charge on any atom is 0.188 e. The topological polar surface area (TPSA) is 26.3 Å². The molecule has 1 aromatic rings. The highest BCUT2D eigenvalue weighted by atomic mass is 35.5. The van der Waals surface area contributed by atoms with Gasteiger partial charge in [0.1, 0.15) is 6.61 Å². The van der Waals surface area contributed by atoms with Gasteiger partial charge in [0.15, 0.2) is 5.78 Å². The molecule has 116 valence electrons. The molecule has 1 saturated carbocycles. The van der Waals surface area contributed by atoms with E-state index < -0.39 is 0 Å². The van der Waals surface area contributed by atoms with Gasteiger partial charge in [-0.2, -0.15) is 0 Å². The van der Waals surface area contributed by atoms with E-state index in [1.807, 2.05) is 0 Å². The molecular formula is C18H25ClO2. The zero-order valence-corrected chi connectivity index (χ0v) is 13.9. The summed E-state index contributed by atoms with van der Waals surface area (Å²) in [6, 6.07) is 7.07. The van der Waals surface area contributed by atoms with E-state index in [0.717, 1.165) is 6.42 Å². The number of hydrogen-bond acceptors (Lipinski definition) is 2. The molecule has 3 heteroatoms. The summed E-state index contributed by atoms with van der Waals surface area (Å²) in [5, 5.41) is 0.590. The van der Waals surface area contributed by atoms with Gasteiger partial charge in [-0.1, -0.05) is 50.9 Å². The van der Waals surface area contributed by atoms with Crippen LogP contribution in [0.4, 0.5) is 0 Å². The number of carbonyl (C=O) groups excluding carboxylic acids is 1. The number of hydrogen-bond donors (Lipinski definition) is 0. The van der Waals surface area contributed by atoms with Crippen molar-refractivity contribution in [1.82, 2.24) is 0 Å². The van der Waals surface area contributed by atoms with E-state index in [-0.39, 0.29) is 18.5 Å². The van der Waals surface area contributed by atoms with Gasteiger partial charge in [-0.15, -0.1) is 0 Å². The number of ketones is 1. The van der Waals surface area contributed by atoms with Gasteiger partial charge in [0.2, 0.25) is 0 Å². The first kappa shape index (κ1) is 16.5. The average molecular weight is 309 g/mol. The second kappa shape index (κ2) is 7.42. The summed E-state index contributed by atoms with van der Waals surface area (Å²) in [6.45, 7) is 6.91. The quantitative estimate of drug-likeness (QED) is 0.715. The molecule has 1 aliphatic rings. The van der Waals surface area contributed by atoms with Crippen LogP contribution in [0.2, 0.25) is 5.02 Å². The van der Waals surface area contributed by atoms with Crippen molar-refractivity contribution in [2.24, 2.45) is 17.8 Å². The molecule has 0 aromatic heterocycles. The van der Waals surface area contributed by atoms with Crippen molar-refractivity contribution < 1.29 is 9.53 Å². The second-order valence-electron chi connectivity index (χ2n) is 6.61. The molecule has 1 aromatic carbocycles. The molecular weight excluding hydrogens is 284 g/mol. The van der Waals surface area contributed by atoms with Gasteiger partial charge in [0.25, 0.3) is 0 Å². The van der Waals surface area contributed by atoms with Gasteiger partial charge >= 0.3 is 0 Å². The highest BCUT2D eigenvalue weighted by Crippen LogP contribution is 2.35. The molecule has 0 amide bonds. The fourth-order valence-electron chi connectivity index (χ4n) is 3.23. The summed E-state index contributed by atoms with van der Waals surface area (Å²) in [4.78, 5) is 12.2. The summed E-state index contributed by atoms with van der Waals surface area (Å²) < 4.78 is 5.99. The summed E-state index contributed by atoms with van der Waals surface area (Å²) >= 11 is 5.93. The predicted molar refractivity (Wildman–Crippen MR) is 86.9 cm³/mol. The van der Waals surface area contributed by atoms with Crippen LogP contribution in [-0.4, -0.2) is 18.5 Å². The average Bonchev–Trinajstić information content (AvgIpc) is 2.44. The van der Waals surface area contributed by atoms with E-state index in [1.165, 1.54) is 12.8 Å². The van der Waals surface area contributed by atoms with E-state index in [2.05, 4.69) is 20.8 Å². The zero-order chi connectivity index (χ0) is 15.4. The lowest BCUT2D eigenvalue weighted by atomic mass is 9.75. The first-order chi connectivity index (χ1) is 9.97. The highest BCUT2D eigenvalue weighted by Gasteiger charge is 2.31. The molecule has 2 rings (SSSR count). The van der Waals surface area contributed by atoms with Gasteiger partial charge in [-0.25, -0.2) is 0 Å². The van der Waals surface area contributed by atoms with E-state index in [1.54, 1.807) is 24.3 Å². The number of halogens is 1. The minimum Gasteiger partial charge on any atom is -0.370 e. The number of Topliss-reactive ketones (excluding diaryl/α,β-unsaturated/α-hetero) is 1. The Morgan fingerprint density at radius 2 is 2.14 bits per heavy atom. The molecule has 0 aliphatic heterocycles. The molecule has 0 spiro atoms. The predicted octanol–water partition coefficient (Wildman–Crippen LogP) is 5.00. The molecule has 2 nitrogen and oxygen atoms in total. The molecule has 21 heavy (non-hydrogen) atoms. The molecule has 0 N–H and O–H groups in total. The van der Waals surface area contributed by atoms with E-state index >= 15 is 0 Å². The molecule has 0 saturated heterocycles. The Hall–Kier alpha value is -0.860. The smallest absolute Gasteiger partial charge is 0.188 e. The molecule has 3 unspecified atom stereocenters. The summed E-state index contributed by atoms with van der Waals surface area (Å²) in [5.41, 5.74) is 0.632. The lowest BCUT2D eigenvalue weighted by molar-refractivity contribution is -0.0309. The van der Waals surface area contributed by atoms with E-state index in [9.17, 15) is 4.79 Å². The van der Waals surface area contributed by atoms with Crippen LogP contribution in [0.25, 0.3) is 0 Å². The Bertz CT molecular complexity index is 484. The fraction of sp³-hybridized carbons (Fsp3) is 0.611. The van der Waals surface area contributed by atoms with Crippen molar-refractivity contribution in [3.05, 3.63) is 34.9 Å². The monoisotopic (exact) mass is 308 g/mol. The Kier molecular flexibility index (Phi) is 5.83. The van der Waals surface area contributed by atoms with E-state index in [0.29, 0.717) is 28.3 Å². The second-order valence-corrected chi connectivity index (χ2v) is 7.05. The zero-order valence-electron chi connectivity index (χ0n) is 13.1. The molecule has 0 radical (unpaired) electrons. The van der Waals surface area contributed by atoms with Crippen LogP contribution >= 0.6 is 11.6 Å². The first-order valence-electron chi connectivity index (χ1n) is 7.87. The highest BCUT2D eigenvalue weighted by molar-refractivity contribution is 6.31. The molecule has 0 bridgehead atoms. The Labute approximate surface area is 132 Å². The third-order valence-electron chi connectivity index (χ3n) is 4.54. The van der Waals surface area contributed by atoms with Crippen molar-refractivity contribution in [1.29, 1.82) is 0 Å². The van der Waals surface area contributed by atoms with Crippen LogP contribution in [-0.2, 0) is 4.74 Å². The molecule has 3 atom stereocenters. The van der Waals surface area contributed by atoms with Crippen molar-refractivity contribution in [3.8, 4) is 0 Å². The van der Waals surface area contributed by atoms with Crippen molar-refractivity contribution >= 4 is 17.4 Å². The third-order valence-corrected chi connectivity index (χ3v) is 4.77. The van der Waals surface area contributed by atoms with Gasteiger partial charge in [-0.3, -0.25) is 4.79 Å². The number of ether oxygens (including phenoxy) is 1. The van der Waals surface area contributed by atoms with Crippen molar-refractivity contribution in [2.45, 2.75) is 46.1 Å². The third kappa shape index (κ3) is 4.55. The fourth-order valence-corrected chi connectivity index (χ4v) is 3.42. The lowest BCUT2D eigenvalue weighted by Gasteiger charge is -2.37. The first-order valence-corrected chi connectivity index (χ1v) is 8.25. The Morgan fingerprint density at radius 1 is 1.38 bits per heavy atom. The normalized spacial score (nSPS) is 26.0. The Balaban J connectivity index is 1.95. The number of rotatable bonds is 5. The minimum atomic E-state index is 0.0123. The maximum atomic E-state index is 12.2. The Morgan fingerprint density at radius 3 is 2.81 bits per heavy atom. The van der Waals surface area contributed by atoms with Gasteiger partial charge < -0.3 is 4.74 Å². The lowest BCUT2D eigenvalue weighted by Crippen LogP contribution is -2.35.